The molecule has 130 valence electrons. The van der Waals surface area contributed by atoms with Crippen LogP contribution >= 0.6 is 22.9 Å². The maximum Gasteiger partial charge on any atom is 0.270 e. The van der Waals surface area contributed by atoms with E-state index >= 15 is 0 Å². The van der Waals surface area contributed by atoms with Crippen molar-refractivity contribution in [2.75, 3.05) is 0 Å². The molecule has 0 radical (unpaired) electrons. The van der Waals surface area contributed by atoms with Crippen LogP contribution < -0.4 is 5.32 Å². The second kappa shape index (κ2) is 6.57. The van der Waals surface area contributed by atoms with Gasteiger partial charge < -0.3 is 9.84 Å². The molecule has 6 nitrogen and oxygen atoms in total. The second-order valence-corrected chi connectivity index (χ2v) is 7.61. The van der Waals surface area contributed by atoms with Gasteiger partial charge in [-0.2, -0.15) is 4.98 Å². The van der Waals surface area contributed by atoms with Gasteiger partial charge in [0.05, 0.1) is 11.2 Å². The van der Waals surface area contributed by atoms with Crippen molar-refractivity contribution in [1.29, 1.82) is 0 Å². The van der Waals surface area contributed by atoms with E-state index in [1.54, 1.807) is 0 Å². The molecule has 2 heterocycles. The lowest BCUT2D eigenvalue weighted by Crippen LogP contribution is -2.40. The number of carbonyl (C=O) groups is 1. The molecule has 0 aliphatic carbocycles. The molecule has 0 saturated heterocycles. The number of amides is 1. The van der Waals surface area contributed by atoms with Crippen LogP contribution in [0.5, 0.6) is 0 Å². The Morgan fingerprint density at radius 3 is 2.76 bits per heavy atom. The Balaban J connectivity index is 1.95. The normalized spacial score (nSPS) is 11.6. The number of thiazole rings is 1. The first-order chi connectivity index (χ1) is 11.8. The van der Waals surface area contributed by atoms with E-state index in [0.29, 0.717) is 16.7 Å². The van der Waals surface area contributed by atoms with Crippen LogP contribution in [0.2, 0.25) is 5.02 Å². The van der Waals surface area contributed by atoms with Crippen molar-refractivity contribution in [3.05, 3.63) is 40.8 Å². The van der Waals surface area contributed by atoms with E-state index in [-0.39, 0.29) is 5.91 Å². The van der Waals surface area contributed by atoms with Gasteiger partial charge in [0.25, 0.3) is 5.89 Å². The lowest BCUT2D eigenvalue weighted by atomic mass is 10.1. The molecule has 25 heavy (non-hydrogen) atoms. The van der Waals surface area contributed by atoms with Crippen LogP contribution in [0.4, 0.5) is 0 Å². The summed E-state index contributed by atoms with van der Waals surface area (Å²) in [6.45, 7) is 6.98. The third-order valence-corrected chi connectivity index (χ3v) is 4.97. The molecule has 0 unspecified atom stereocenters. The number of carbonyl (C=O) groups excluding carboxylic acids is 1. The van der Waals surface area contributed by atoms with Crippen LogP contribution in [-0.2, 0) is 10.3 Å². The first-order valence-corrected chi connectivity index (χ1v) is 8.82. The average molecular weight is 377 g/mol. The molecular weight excluding hydrogens is 360 g/mol. The summed E-state index contributed by atoms with van der Waals surface area (Å²) in [7, 11) is 0. The zero-order valence-corrected chi connectivity index (χ0v) is 15.8. The summed E-state index contributed by atoms with van der Waals surface area (Å²) >= 11 is 7.51. The van der Waals surface area contributed by atoms with E-state index in [9.17, 15) is 4.79 Å². The fraction of sp³-hybridized carbons (Fsp3) is 0.294. The summed E-state index contributed by atoms with van der Waals surface area (Å²) in [5, 5.41) is 8.30. The first-order valence-electron chi connectivity index (χ1n) is 7.63. The number of halogens is 1. The SMILES string of the molecule is CC(=O)NC(C)(C)c1noc(-c2sc(-c3cccc(Cl)c3)nc2C)n1. The largest absolute Gasteiger partial charge is 0.344 e. The topological polar surface area (TPSA) is 80.9 Å². The molecule has 0 bridgehead atoms. The molecule has 0 atom stereocenters. The molecule has 3 aromatic rings. The number of benzene rings is 1. The van der Waals surface area contributed by atoms with Gasteiger partial charge in [0.15, 0.2) is 5.82 Å². The molecule has 1 amide bonds. The molecular formula is C17H17ClN4O2S. The molecule has 0 fully saturated rings. The van der Waals surface area contributed by atoms with Gasteiger partial charge in [-0.05, 0) is 32.9 Å². The van der Waals surface area contributed by atoms with Gasteiger partial charge in [0, 0.05) is 17.5 Å². The van der Waals surface area contributed by atoms with Crippen molar-refractivity contribution in [2.24, 2.45) is 0 Å². The van der Waals surface area contributed by atoms with Crippen molar-refractivity contribution < 1.29 is 9.32 Å². The maximum absolute atomic E-state index is 11.3. The summed E-state index contributed by atoms with van der Waals surface area (Å²) in [5.41, 5.74) is 1.01. The average Bonchev–Trinajstić information content (AvgIpc) is 3.12. The monoisotopic (exact) mass is 376 g/mol. The molecule has 2 aromatic heterocycles. The van der Waals surface area contributed by atoms with E-state index in [0.717, 1.165) is 21.1 Å². The Kier molecular flexibility index (Phi) is 4.62. The number of rotatable bonds is 4. The minimum atomic E-state index is -0.720. The third kappa shape index (κ3) is 3.72. The predicted molar refractivity (Wildman–Crippen MR) is 97.4 cm³/mol. The standard InChI is InChI=1S/C17H17ClN4O2S/c1-9-13(25-15(19-9)11-6-5-7-12(18)8-11)14-20-16(22-24-14)17(3,4)21-10(2)23/h5-8H,1-4H3,(H,21,23). The second-order valence-electron chi connectivity index (χ2n) is 6.17. The summed E-state index contributed by atoms with van der Waals surface area (Å²) in [6, 6.07) is 7.52. The van der Waals surface area contributed by atoms with Gasteiger partial charge >= 0.3 is 0 Å². The minimum absolute atomic E-state index is 0.159. The summed E-state index contributed by atoms with van der Waals surface area (Å²) in [4.78, 5) is 21.2. The van der Waals surface area contributed by atoms with E-state index in [1.807, 2.05) is 45.0 Å². The van der Waals surface area contributed by atoms with E-state index < -0.39 is 5.54 Å². The molecule has 1 N–H and O–H groups in total. The Bertz CT molecular complexity index is 932. The molecule has 1 aromatic carbocycles. The van der Waals surface area contributed by atoms with Crippen molar-refractivity contribution in [3.63, 3.8) is 0 Å². The van der Waals surface area contributed by atoms with Crippen molar-refractivity contribution in [2.45, 2.75) is 33.2 Å². The van der Waals surface area contributed by atoms with Gasteiger partial charge in [0.2, 0.25) is 5.91 Å². The van der Waals surface area contributed by atoms with Gasteiger partial charge in [-0.15, -0.1) is 11.3 Å². The lowest BCUT2D eigenvalue weighted by molar-refractivity contribution is -0.120. The third-order valence-electron chi connectivity index (χ3n) is 3.54. The van der Waals surface area contributed by atoms with Gasteiger partial charge in [-0.1, -0.05) is 28.9 Å². The molecule has 0 aliphatic heterocycles. The van der Waals surface area contributed by atoms with Crippen molar-refractivity contribution in [3.8, 4) is 21.3 Å². The highest BCUT2D eigenvalue weighted by atomic mass is 35.5. The van der Waals surface area contributed by atoms with Gasteiger partial charge in [-0.3, -0.25) is 4.79 Å². The highest BCUT2D eigenvalue weighted by Gasteiger charge is 2.28. The number of hydrogen-bond acceptors (Lipinski definition) is 6. The van der Waals surface area contributed by atoms with Crippen LogP contribution in [0, 0.1) is 6.92 Å². The van der Waals surface area contributed by atoms with Crippen LogP contribution in [0.3, 0.4) is 0 Å². The fourth-order valence-electron chi connectivity index (χ4n) is 2.41. The van der Waals surface area contributed by atoms with Crippen LogP contribution in [0.25, 0.3) is 21.3 Å². The molecule has 0 saturated carbocycles. The molecule has 8 heteroatoms. The molecule has 0 aliphatic rings. The smallest absolute Gasteiger partial charge is 0.270 e. The van der Waals surface area contributed by atoms with Crippen molar-refractivity contribution in [1.82, 2.24) is 20.4 Å². The van der Waals surface area contributed by atoms with Crippen LogP contribution in [-0.4, -0.2) is 21.0 Å². The zero-order chi connectivity index (χ0) is 18.2. The highest BCUT2D eigenvalue weighted by Crippen LogP contribution is 2.35. The fourth-order valence-corrected chi connectivity index (χ4v) is 3.58. The minimum Gasteiger partial charge on any atom is -0.344 e. The summed E-state index contributed by atoms with van der Waals surface area (Å²) < 4.78 is 5.40. The maximum atomic E-state index is 11.3. The summed E-state index contributed by atoms with van der Waals surface area (Å²) in [5.74, 6) is 0.639. The Morgan fingerprint density at radius 1 is 1.32 bits per heavy atom. The van der Waals surface area contributed by atoms with E-state index in [2.05, 4.69) is 20.4 Å². The Hall–Kier alpha value is -2.25. The van der Waals surface area contributed by atoms with E-state index in [1.165, 1.54) is 18.3 Å². The quantitative estimate of drug-likeness (QED) is 0.738. The molecule has 0 spiro atoms. The summed E-state index contributed by atoms with van der Waals surface area (Å²) in [6.07, 6.45) is 0. The van der Waals surface area contributed by atoms with Crippen LogP contribution in [0.15, 0.2) is 28.8 Å². The number of nitrogens with one attached hydrogen (secondary N) is 1. The number of nitrogens with zero attached hydrogens (tertiary/aromatic N) is 3. The molecule has 3 rings (SSSR count). The Morgan fingerprint density at radius 2 is 2.08 bits per heavy atom. The number of hydrogen-bond donors (Lipinski definition) is 1. The van der Waals surface area contributed by atoms with E-state index in [4.69, 9.17) is 16.1 Å². The highest BCUT2D eigenvalue weighted by molar-refractivity contribution is 7.18. The van der Waals surface area contributed by atoms with Gasteiger partial charge in [0.1, 0.15) is 9.88 Å². The predicted octanol–water partition coefficient (Wildman–Crippen LogP) is 4.19. The lowest BCUT2D eigenvalue weighted by Gasteiger charge is -2.20. The number of aromatic nitrogens is 3. The van der Waals surface area contributed by atoms with Crippen molar-refractivity contribution >= 4 is 28.8 Å². The first kappa shape index (κ1) is 17.6. The van der Waals surface area contributed by atoms with Gasteiger partial charge in [-0.25, -0.2) is 4.98 Å². The Labute approximate surface area is 154 Å². The number of aryl methyl sites for hydroxylation is 1. The van der Waals surface area contributed by atoms with Crippen LogP contribution in [0.1, 0.15) is 32.3 Å². The zero-order valence-electron chi connectivity index (χ0n) is 14.3.